The first kappa shape index (κ1) is 15.0. The summed E-state index contributed by atoms with van der Waals surface area (Å²) < 4.78 is 5.58. The van der Waals surface area contributed by atoms with E-state index in [0.717, 1.165) is 0 Å². The predicted octanol–water partition coefficient (Wildman–Crippen LogP) is 1.74. The van der Waals surface area contributed by atoms with E-state index in [0.29, 0.717) is 10.8 Å². The van der Waals surface area contributed by atoms with Crippen LogP contribution in [0.25, 0.3) is 0 Å². The van der Waals surface area contributed by atoms with Crippen LogP contribution in [0.2, 0.25) is 5.02 Å². The van der Waals surface area contributed by atoms with Crippen LogP contribution in [0.5, 0.6) is 11.5 Å². The Balaban J connectivity index is 2.24. The second kappa shape index (κ2) is 6.83. The molecule has 0 bridgehead atoms. The fourth-order valence-corrected chi connectivity index (χ4v) is 1.72. The summed E-state index contributed by atoms with van der Waals surface area (Å²) in [4.78, 5) is 27.0. The van der Waals surface area contributed by atoms with E-state index in [2.05, 4.69) is 10.3 Å². The van der Waals surface area contributed by atoms with E-state index in [-0.39, 0.29) is 18.0 Å². The molecule has 0 aliphatic carbocycles. The van der Waals surface area contributed by atoms with Crippen LogP contribution in [-0.2, 0) is 4.79 Å². The van der Waals surface area contributed by atoms with Crippen LogP contribution in [0.4, 0.5) is 0 Å². The molecular weight excluding hydrogens is 294 g/mol. The van der Waals surface area contributed by atoms with Crippen LogP contribution >= 0.6 is 11.6 Å². The van der Waals surface area contributed by atoms with Crippen molar-refractivity contribution < 1.29 is 14.3 Å². The lowest BCUT2D eigenvalue weighted by Crippen LogP contribution is -2.35. The molecule has 0 radical (unpaired) electrons. The standard InChI is InChI=1S/C14H12ClN3O3/c15-9-3-1-4-10(7-9)21-11-5-2-6-17-13(11)14(20)18-12(19)8-16/h1-7H,8,16H2,(H,18,19,20). The van der Waals surface area contributed by atoms with Crippen molar-refractivity contribution in [3.05, 3.63) is 53.3 Å². The molecule has 21 heavy (non-hydrogen) atoms. The smallest absolute Gasteiger partial charge is 0.280 e. The van der Waals surface area contributed by atoms with Gasteiger partial charge in [0.05, 0.1) is 6.54 Å². The fourth-order valence-electron chi connectivity index (χ4n) is 1.54. The van der Waals surface area contributed by atoms with Crippen molar-refractivity contribution in [2.45, 2.75) is 0 Å². The van der Waals surface area contributed by atoms with E-state index < -0.39 is 11.8 Å². The Kier molecular flexibility index (Phi) is 4.86. The van der Waals surface area contributed by atoms with Crippen molar-refractivity contribution in [3.63, 3.8) is 0 Å². The molecule has 0 fully saturated rings. The Morgan fingerprint density at radius 2 is 2.10 bits per heavy atom. The first-order valence-corrected chi connectivity index (χ1v) is 6.40. The van der Waals surface area contributed by atoms with Crippen LogP contribution in [-0.4, -0.2) is 23.3 Å². The summed E-state index contributed by atoms with van der Waals surface area (Å²) in [6.07, 6.45) is 1.42. The number of carbonyl (C=O) groups is 2. The maximum Gasteiger partial charge on any atom is 0.280 e. The third-order valence-electron chi connectivity index (χ3n) is 2.45. The number of halogens is 1. The molecule has 0 atom stereocenters. The zero-order chi connectivity index (χ0) is 15.2. The van der Waals surface area contributed by atoms with Gasteiger partial charge in [0.1, 0.15) is 5.75 Å². The molecule has 0 saturated heterocycles. The van der Waals surface area contributed by atoms with E-state index >= 15 is 0 Å². The van der Waals surface area contributed by atoms with E-state index in [1.807, 2.05) is 0 Å². The number of nitrogens with zero attached hydrogens (tertiary/aromatic N) is 1. The quantitative estimate of drug-likeness (QED) is 0.897. The van der Waals surface area contributed by atoms with Gasteiger partial charge in [-0.05, 0) is 30.3 Å². The average molecular weight is 306 g/mol. The largest absolute Gasteiger partial charge is 0.455 e. The number of aromatic nitrogens is 1. The van der Waals surface area contributed by atoms with Crippen molar-refractivity contribution in [1.82, 2.24) is 10.3 Å². The maximum absolute atomic E-state index is 11.9. The molecule has 0 unspecified atom stereocenters. The predicted molar refractivity (Wildman–Crippen MR) is 77.3 cm³/mol. The van der Waals surface area contributed by atoms with Gasteiger partial charge in [-0.2, -0.15) is 0 Å². The van der Waals surface area contributed by atoms with Crippen LogP contribution in [0.1, 0.15) is 10.5 Å². The van der Waals surface area contributed by atoms with Gasteiger partial charge in [-0.15, -0.1) is 0 Å². The monoisotopic (exact) mass is 305 g/mol. The van der Waals surface area contributed by atoms with Crippen molar-refractivity contribution in [2.24, 2.45) is 5.73 Å². The number of hydrogen-bond acceptors (Lipinski definition) is 5. The third kappa shape index (κ3) is 4.01. The Bertz CT molecular complexity index is 676. The third-order valence-corrected chi connectivity index (χ3v) is 2.68. The Morgan fingerprint density at radius 1 is 1.29 bits per heavy atom. The molecule has 2 aromatic rings. The van der Waals surface area contributed by atoms with Gasteiger partial charge in [-0.25, -0.2) is 4.98 Å². The summed E-state index contributed by atoms with van der Waals surface area (Å²) in [6, 6.07) is 9.88. The van der Waals surface area contributed by atoms with Gasteiger partial charge in [0.25, 0.3) is 5.91 Å². The Hall–Kier alpha value is -2.44. The van der Waals surface area contributed by atoms with E-state index in [1.54, 1.807) is 36.4 Å². The highest BCUT2D eigenvalue weighted by Gasteiger charge is 2.16. The summed E-state index contributed by atoms with van der Waals surface area (Å²) >= 11 is 5.87. The first-order valence-electron chi connectivity index (χ1n) is 6.03. The van der Waals surface area contributed by atoms with Crippen molar-refractivity contribution in [3.8, 4) is 11.5 Å². The zero-order valence-electron chi connectivity index (χ0n) is 10.9. The molecule has 2 rings (SSSR count). The van der Waals surface area contributed by atoms with Gasteiger partial charge in [-0.3, -0.25) is 14.9 Å². The Morgan fingerprint density at radius 3 is 2.81 bits per heavy atom. The zero-order valence-corrected chi connectivity index (χ0v) is 11.6. The van der Waals surface area contributed by atoms with E-state index in [9.17, 15) is 9.59 Å². The van der Waals surface area contributed by atoms with Crippen LogP contribution in [0, 0.1) is 0 Å². The summed E-state index contributed by atoms with van der Waals surface area (Å²) in [5.41, 5.74) is 5.13. The number of pyridine rings is 1. The van der Waals surface area contributed by atoms with Crippen molar-refractivity contribution >= 4 is 23.4 Å². The lowest BCUT2D eigenvalue weighted by Gasteiger charge is -2.10. The molecule has 6 nitrogen and oxygen atoms in total. The summed E-state index contributed by atoms with van der Waals surface area (Å²) in [5.74, 6) is -0.612. The number of nitrogens with two attached hydrogens (primary N) is 1. The van der Waals surface area contributed by atoms with Crippen molar-refractivity contribution in [2.75, 3.05) is 6.54 Å². The van der Waals surface area contributed by atoms with Gasteiger partial charge in [-0.1, -0.05) is 17.7 Å². The second-order valence-electron chi connectivity index (χ2n) is 3.99. The van der Waals surface area contributed by atoms with Crippen molar-refractivity contribution in [1.29, 1.82) is 0 Å². The normalized spacial score (nSPS) is 10.0. The molecule has 1 heterocycles. The number of hydrogen-bond donors (Lipinski definition) is 2. The highest BCUT2D eigenvalue weighted by molar-refractivity contribution is 6.30. The number of ether oxygens (including phenoxy) is 1. The SMILES string of the molecule is NCC(=O)NC(=O)c1ncccc1Oc1cccc(Cl)c1. The van der Waals surface area contributed by atoms with E-state index in [4.69, 9.17) is 22.1 Å². The molecule has 0 aliphatic heterocycles. The minimum absolute atomic E-state index is 0.0146. The van der Waals surface area contributed by atoms with Crippen LogP contribution in [0.15, 0.2) is 42.6 Å². The minimum Gasteiger partial charge on any atom is -0.455 e. The molecular formula is C14H12ClN3O3. The highest BCUT2D eigenvalue weighted by Crippen LogP contribution is 2.25. The second-order valence-corrected chi connectivity index (χ2v) is 4.43. The molecule has 0 saturated carbocycles. The number of nitrogens with one attached hydrogen (secondary N) is 1. The molecule has 2 amide bonds. The summed E-state index contributed by atoms with van der Waals surface area (Å²) in [5, 5.41) is 2.61. The summed E-state index contributed by atoms with van der Waals surface area (Å²) in [7, 11) is 0. The first-order chi connectivity index (χ1) is 10.1. The lowest BCUT2D eigenvalue weighted by molar-refractivity contribution is -0.118. The number of carbonyl (C=O) groups excluding carboxylic acids is 2. The fraction of sp³-hybridized carbons (Fsp3) is 0.0714. The summed E-state index contributed by atoms with van der Waals surface area (Å²) in [6.45, 7) is -0.289. The van der Waals surface area contributed by atoms with Gasteiger partial charge in [0.15, 0.2) is 11.4 Å². The van der Waals surface area contributed by atoms with Gasteiger partial charge >= 0.3 is 0 Å². The number of imide groups is 1. The molecule has 0 spiro atoms. The molecule has 1 aromatic heterocycles. The Labute approximate surface area is 125 Å². The number of benzene rings is 1. The highest BCUT2D eigenvalue weighted by atomic mass is 35.5. The average Bonchev–Trinajstić information content (AvgIpc) is 2.47. The number of amides is 2. The molecule has 3 N–H and O–H groups in total. The van der Waals surface area contributed by atoms with Gasteiger partial charge in [0, 0.05) is 11.2 Å². The topological polar surface area (TPSA) is 94.3 Å². The van der Waals surface area contributed by atoms with Crippen LogP contribution in [0.3, 0.4) is 0 Å². The lowest BCUT2D eigenvalue weighted by atomic mass is 10.3. The molecule has 1 aromatic carbocycles. The van der Waals surface area contributed by atoms with Gasteiger partial charge < -0.3 is 10.5 Å². The van der Waals surface area contributed by atoms with Crippen LogP contribution < -0.4 is 15.8 Å². The molecule has 108 valence electrons. The molecule has 0 aliphatic rings. The number of rotatable bonds is 4. The van der Waals surface area contributed by atoms with Gasteiger partial charge in [0.2, 0.25) is 5.91 Å². The molecule has 7 heteroatoms. The maximum atomic E-state index is 11.9. The minimum atomic E-state index is -0.678. The van der Waals surface area contributed by atoms with E-state index in [1.165, 1.54) is 6.20 Å².